The zero-order valence-electron chi connectivity index (χ0n) is 6.71. The Labute approximate surface area is 93.8 Å². The summed E-state index contributed by atoms with van der Waals surface area (Å²) in [5.74, 6) is 0. The third-order valence-electron chi connectivity index (χ3n) is 1.47. The van der Waals surface area contributed by atoms with Crippen LogP contribution in [0, 0.1) is 0 Å². The van der Waals surface area contributed by atoms with E-state index in [1.165, 1.54) is 13.1 Å². The molecule has 1 rings (SSSR count). The van der Waals surface area contributed by atoms with E-state index in [0.29, 0.717) is 8.95 Å². The van der Waals surface area contributed by atoms with E-state index in [-0.39, 0.29) is 4.90 Å². The van der Waals surface area contributed by atoms with Gasteiger partial charge in [-0.2, -0.15) is 0 Å². The van der Waals surface area contributed by atoms with E-state index in [1.807, 2.05) is 0 Å². The molecule has 0 bridgehead atoms. The number of benzene rings is 1. The molecule has 13 heavy (non-hydrogen) atoms. The predicted octanol–water partition coefficient (Wildman–Crippen LogP) is 2.12. The lowest BCUT2D eigenvalue weighted by molar-refractivity contribution is 0.587. The Hall–Kier alpha value is 0.0900. The quantitative estimate of drug-likeness (QED) is 0.904. The van der Waals surface area contributed by atoms with Crippen molar-refractivity contribution in [1.82, 2.24) is 4.72 Å². The summed E-state index contributed by atoms with van der Waals surface area (Å²) in [5.41, 5.74) is 0. The van der Waals surface area contributed by atoms with Crippen LogP contribution in [0.15, 0.2) is 32.0 Å². The van der Waals surface area contributed by atoms with Gasteiger partial charge in [0.1, 0.15) is 0 Å². The molecule has 1 aromatic carbocycles. The Morgan fingerprint density at radius 1 is 1.31 bits per heavy atom. The molecule has 0 saturated heterocycles. The van der Waals surface area contributed by atoms with Crippen LogP contribution >= 0.6 is 31.9 Å². The van der Waals surface area contributed by atoms with E-state index in [2.05, 4.69) is 36.6 Å². The molecule has 0 radical (unpaired) electrons. The van der Waals surface area contributed by atoms with Gasteiger partial charge in [0, 0.05) is 4.47 Å². The highest BCUT2D eigenvalue weighted by atomic mass is 79.9. The maximum Gasteiger partial charge on any atom is 0.241 e. The standard InChI is InChI=1S/C7H7Br2NO2S/c1-10-13(11,12)6-4-2-3-5(8)7(6)9/h2-4,10H,1H3. The van der Waals surface area contributed by atoms with Crippen LogP contribution in [0.2, 0.25) is 0 Å². The van der Waals surface area contributed by atoms with Crippen LogP contribution < -0.4 is 4.72 Å². The monoisotopic (exact) mass is 327 g/mol. The average Bonchev–Trinajstić information content (AvgIpc) is 2.09. The fourth-order valence-corrected chi connectivity index (χ4v) is 3.03. The lowest BCUT2D eigenvalue weighted by Crippen LogP contribution is -2.19. The molecular weight excluding hydrogens is 322 g/mol. The Morgan fingerprint density at radius 2 is 1.92 bits per heavy atom. The lowest BCUT2D eigenvalue weighted by Gasteiger charge is -2.05. The third-order valence-corrected chi connectivity index (χ3v) is 5.24. The SMILES string of the molecule is CNS(=O)(=O)c1cccc(Br)c1Br. The first-order chi connectivity index (χ1) is 5.99. The third kappa shape index (κ3) is 2.31. The van der Waals surface area contributed by atoms with E-state index in [9.17, 15) is 8.42 Å². The minimum absolute atomic E-state index is 0.226. The number of halogens is 2. The van der Waals surface area contributed by atoms with Gasteiger partial charge in [0.05, 0.1) is 9.37 Å². The van der Waals surface area contributed by atoms with Gasteiger partial charge in [0.25, 0.3) is 0 Å². The molecule has 0 aromatic heterocycles. The summed E-state index contributed by atoms with van der Waals surface area (Å²) in [4.78, 5) is 0.226. The van der Waals surface area contributed by atoms with Crippen molar-refractivity contribution in [3.05, 3.63) is 27.1 Å². The number of rotatable bonds is 2. The van der Waals surface area contributed by atoms with Crippen LogP contribution in [-0.2, 0) is 10.0 Å². The van der Waals surface area contributed by atoms with Crippen molar-refractivity contribution in [3.63, 3.8) is 0 Å². The Bertz CT molecular complexity index is 417. The molecule has 0 aliphatic carbocycles. The molecule has 0 atom stereocenters. The molecule has 0 saturated carbocycles. The van der Waals surface area contributed by atoms with Gasteiger partial charge < -0.3 is 0 Å². The number of sulfonamides is 1. The van der Waals surface area contributed by atoms with Gasteiger partial charge >= 0.3 is 0 Å². The van der Waals surface area contributed by atoms with E-state index < -0.39 is 10.0 Å². The molecule has 0 amide bonds. The number of hydrogen-bond acceptors (Lipinski definition) is 2. The van der Waals surface area contributed by atoms with Crippen LogP contribution in [0.25, 0.3) is 0 Å². The van der Waals surface area contributed by atoms with Crippen molar-refractivity contribution in [2.24, 2.45) is 0 Å². The summed E-state index contributed by atoms with van der Waals surface area (Å²) in [6, 6.07) is 4.96. The molecule has 0 heterocycles. The van der Waals surface area contributed by atoms with Crippen LogP contribution in [0.5, 0.6) is 0 Å². The average molecular weight is 329 g/mol. The van der Waals surface area contributed by atoms with E-state index in [4.69, 9.17) is 0 Å². The maximum atomic E-state index is 11.4. The molecule has 0 spiro atoms. The minimum atomic E-state index is -3.38. The molecule has 72 valence electrons. The van der Waals surface area contributed by atoms with Crippen LogP contribution in [0.3, 0.4) is 0 Å². The van der Waals surface area contributed by atoms with Crippen molar-refractivity contribution >= 4 is 41.9 Å². The highest BCUT2D eigenvalue weighted by Gasteiger charge is 2.16. The zero-order valence-corrected chi connectivity index (χ0v) is 10.7. The fourth-order valence-electron chi connectivity index (χ4n) is 0.802. The van der Waals surface area contributed by atoms with Crippen molar-refractivity contribution in [3.8, 4) is 0 Å². The highest BCUT2D eigenvalue weighted by Crippen LogP contribution is 2.29. The Balaban J connectivity index is 3.40. The topological polar surface area (TPSA) is 46.2 Å². The second-order valence-corrected chi connectivity index (χ2v) is 5.76. The molecule has 0 aliphatic rings. The molecule has 0 unspecified atom stereocenters. The van der Waals surface area contributed by atoms with Gasteiger partial charge in [0.15, 0.2) is 0 Å². The van der Waals surface area contributed by atoms with Crippen LogP contribution in [-0.4, -0.2) is 15.5 Å². The van der Waals surface area contributed by atoms with E-state index >= 15 is 0 Å². The second kappa shape index (κ2) is 4.08. The summed E-state index contributed by atoms with van der Waals surface area (Å²) in [5, 5.41) is 0. The molecule has 3 nitrogen and oxygen atoms in total. The fraction of sp³-hybridized carbons (Fsp3) is 0.143. The van der Waals surface area contributed by atoms with Crippen LogP contribution in [0.1, 0.15) is 0 Å². The van der Waals surface area contributed by atoms with Crippen molar-refractivity contribution in [2.75, 3.05) is 7.05 Å². The summed E-state index contributed by atoms with van der Waals surface area (Å²) in [6.45, 7) is 0. The molecular formula is C7H7Br2NO2S. The van der Waals surface area contributed by atoms with Gasteiger partial charge in [-0.3, -0.25) is 0 Å². The predicted molar refractivity (Wildman–Crippen MR) is 58.1 cm³/mol. The van der Waals surface area contributed by atoms with Crippen LogP contribution in [0.4, 0.5) is 0 Å². The minimum Gasteiger partial charge on any atom is -0.214 e. The van der Waals surface area contributed by atoms with Crippen molar-refractivity contribution in [2.45, 2.75) is 4.90 Å². The highest BCUT2D eigenvalue weighted by molar-refractivity contribution is 9.13. The first-order valence-corrected chi connectivity index (χ1v) is 6.43. The van der Waals surface area contributed by atoms with Gasteiger partial charge in [-0.05, 0) is 51.0 Å². The number of hydrogen-bond donors (Lipinski definition) is 1. The number of nitrogens with one attached hydrogen (secondary N) is 1. The summed E-state index contributed by atoms with van der Waals surface area (Å²) >= 11 is 6.42. The Kier molecular flexibility index (Phi) is 3.50. The van der Waals surface area contributed by atoms with Gasteiger partial charge in [0.2, 0.25) is 10.0 Å². The molecule has 1 aromatic rings. The first-order valence-electron chi connectivity index (χ1n) is 3.36. The van der Waals surface area contributed by atoms with Crippen molar-refractivity contribution in [1.29, 1.82) is 0 Å². The summed E-state index contributed by atoms with van der Waals surface area (Å²) in [6.07, 6.45) is 0. The normalized spacial score (nSPS) is 11.6. The van der Waals surface area contributed by atoms with Crippen molar-refractivity contribution < 1.29 is 8.42 Å². The second-order valence-electron chi connectivity index (χ2n) is 2.26. The Morgan fingerprint density at radius 3 is 2.46 bits per heavy atom. The van der Waals surface area contributed by atoms with Gasteiger partial charge in [-0.15, -0.1) is 0 Å². The molecule has 6 heteroatoms. The van der Waals surface area contributed by atoms with E-state index in [1.54, 1.807) is 12.1 Å². The van der Waals surface area contributed by atoms with Gasteiger partial charge in [-0.1, -0.05) is 6.07 Å². The summed E-state index contributed by atoms with van der Waals surface area (Å²) in [7, 11) is -2.00. The molecule has 0 fully saturated rings. The largest absolute Gasteiger partial charge is 0.241 e. The van der Waals surface area contributed by atoms with Gasteiger partial charge in [-0.25, -0.2) is 13.1 Å². The lowest BCUT2D eigenvalue weighted by atomic mass is 10.4. The smallest absolute Gasteiger partial charge is 0.214 e. The molecule has 0 aliphatic heterocycles. The summed E-state index contributed by atoms with van der Waals surface area (Å²) < 4.78 is 26.3. The van der Waals surface area contributed by atoms with E-state index in [0.717, 1.165) is 0 Å². The zero-order chi connectivity index (χ0) is 10.1. The molecule has 1 N–H and O–H groups in total. The first kappa shape index (κ1) is 11.2. The maximum absolute atomic E-state index is 11.4.